The molecule has 0 bridgehead atoms. The molecule has 2 rings (SSSR count). The van der Waals surface area contributed by atoms with Gasteiger partial charge in [-0.2, -0.15) is 13.2 Å². The first-order valence-electron chi connectivity index (χ1n) is 4.91. The fourth-order valence-corrected chi connectivity index (χ4v) is 3.66. The van der Waals surface area contributed by atoms with Crippen LogP contribution in [-0.2, 0) is 12.7 Å². The van der Waals surface area contributed by atoms with Crippen LogP contribution < -0.4 is 5.73 Å². The monoisotopic (exact) mass is 415 g/mol. The number of rotatable bonds is 2. The molecule has 0 amide bonds. The lowest BCUT2D eigenvalue weighted by molar-refractivity contribution is -0.141. The highest BCUT2D eigenvalue weighted by Crippen LogP contribution is 2.38. The zero-order valence-corrected chi connectivity index (χ0v) is 13.1. The number of nitrogens with two attached hydrogens (primary N) is 1. The Labute approximate surface area is 127 Å². The van der Waals surface area contributed by atoms with Gasteiger partial charge in [0, 0.05) is 21.7 Å². The van der Waals surface area contributed by atoms with Crippen LogP contribution in [0.1, 0.15) is 10.6 Å². The number of halogens is 5. The van der Waals surface area contributed by atoms with Crippen molar-refractivity contribution in [3.05, 3.63) is 31.8 Å². The SMILES string of the molecule is NCc1sc(-c2ncc(Br)cc2Br)nc1C(F)(F)F. The van der Waals surface area contributed by atoms with Gasteiger partial charge in [-0.25, -0.2) is 4.98 Å². The van der Waals surface area contributed by atoms with Crippen LogP contribution in [0.15, 0.2) is 21.2 Å². The van der Waals surface area contributed by atoms with E-state index in [1.54, 1.807) is 6.07 Å². The summed E-state index contributed by atoms with van der Waals surface area (Å²) in [5.74, 6) is 0. The van der Waals surface area contributed by atoms with Gasteiger partial charge < -0.3 is 5.73 Å². The third-order valence-electron chi connectivity index (χ3n) is 2.16. The topological polar surface area (TPSA) is 51.8 Å². The molecular formula is C10H6Br2F3N3S. The minimum absolute atomic E-state index is 0.000816. The largest absolute Gasteiger partial charge is 0.434 e. The van der Waals surface area contributed by atoms with E-state index in [0.717, 1.165) is 15.8 Å². The van der Waals surface area contributed by atoms with Crippen molar-refractivity contribution in [3.8, 4) is 10.7 Å². The zero-order valence-electron chi connectivity index (χ0n) is 9.13. The van der Waals surface area contributed by atoms with Gasteiger partial charge in [-0.05, 0) is 37.9 Å². The highest BCUT2D eigenvalue weighted by Gasteiger charge is 2.37. The van der Waals surface area contributed by atoms with E-state index < -0.39 is 11.9 Å². The van der Waals surface area contributed by atoms with Gasteiger partial charge >= 0.3 is 6.18 Å². The molecule has 19 heavy (non-hydrogen) atoms. The molecule has 2 heterocycles. The summed E-state index contributed by atoms with van der Waals surface area (Å²) < 4.78 is 39.6. The van der Waals surface area contributed by atoms with Gasteiger partial charge in [-0.3, -0.25) is 4.98 Å². The van der Waals surface area contributed by atoms with Crippen molar-refractivity contribution in [1.82, 2.24) is 9.97 Å². The average Bonchev–Trinajstić information content (AvgIpc) is 2.72. The Balaban J connectivity index is 2.55. The van der Waals surface area contributed by atoms with Gasteiger partial charge in [0.25, 0.3) is 0 Å². The van der Waals surface area contributed by atoms with Crippen molar-refractivity contribution in [2.45, 2.75) is 12.7 Å². The molecule has 2 N–H and O–H groups in total. The van der Waals surface area contributed by atoms with Crippen molar-refractivity contribution in [2.24, 2.45) is 5.73 Å². The van der Waals surface area contributed by atoms with E-state index in [9.17, 15) is 13.2 Å². The molecule has 2 aromatic rings. The molecule has 0 saturated heterocycles. The Bertz CT molecular complexity index is 613. The third kappa shape index (κ3) is 3.15. The van der Waals surface area contributed by atoms with Crippen molar-refractivity contribution in [2.75, 3.05) is 0 Å². The quantitative estimate of drug-likeness (QED) is 0.797. The van der Waals surface area contributed by atoms with Crippen LogP contribution in [-0.4, -0.2) is 9.97 Å². The molecule has 3 nitrogen and oxygen atoms in total. The van der Waals surface area contributed by atoms with Gasteiger partial charge in [0.1, 0.15) is 10.7 Å². The van der Waals surface area contributed by atoms with Crippen LogP contribution >= 0.6 is 43.2 Å². The molecule has 0 atom stereocenters. The van der Waals surface area contributed by atoms with Crippen molar-refractivity contribution in [3.63, 3.8) is 0 Å². The average molecular weight is 417 g/mol. The van der Waals surface area contributed by atoms with E-state index in [2.05, 4.69) is 41.8 Å². The normalized spacial score (nSPS) is 11.9. The molecule has 0 aromatic carbocycles. The van der Waals surface area contributed by atoms with E-state index in [1.165, 1.54) is 6.20 Å². The molecule has 2 aromatic heterocycles. The lowest BCUT2D eigenvalue weighted by Gasteiger charge is -2.03. The Morgan fingerprint density at radius 2 is 2.00 bits per heavy atom. The van der Waals surface area contributed by atoms with Crippen molar-refractivity contribution in [1.29, 1.82) is 0 Å². The van der Waals surface area contributed by atoms with Gasteiger partial charge in [-0.1, -0.05) is 0 Å². The number of aromatic nitrogens is 2. The first-order valence-corrected chi connectivity index (χ1v) is 7.31. The second-order valence-corrected chi connectivity index (χ2v) is 6.33. The smallest absolute Gasteiger partial charge is 0.326 e. The second kappa shape index (κ2) is 5.47. The minimum atomic E-state index is -4.51. The number of thiazole rings is 1. The molecule has 0 aliphatic rings. The van der Waals surface area contributed by atoms with Crippen molar-refractivity contribution < 1.29 is 13.2 Å². The number of pyridine rings is 1. The predicted octanol–water partition coefficient (Wildman–Crippen LogP) is 4.21. The molecule has 0 unspecified atom stereocenters. The van der Waals surface area contributed by atoms with Crippen LogP contribution in [0.5, 0.6) is 0 Å². The zero-order chi connectivity index (χ0) is 14.2. The maximum atomic E-state index is 12.8. The minimum Gasteiger partial charge on any atom is -0.326 e. The second-order valence-electron chi connectivity index (χ2n) is 3.48. The molecule has 0 saturated carbocycles. The maximum absolute atomic E-state index is 12.8. The van der Waals surface area contributed by atoms with Gasteiger partial charge in [0.15, 0.2) is 5.69 Å². The molecule has 0 aliphatic heterocycles. The molecular weight excluding hydrogens is 411 g/mol. The number of hydrogen-bond acceptors (Lipinski definition) is 4. The summed E-state index contributed by atoms with van der Waals surface area (Å²) in [6.07, 6.45) is -3.01. The lowest BCUT2D eigenvalue weighted by Crippen LogP contribution is -2.10. The number of nitrogens with zero attached hydrogens (tertiary/aromatic N) is 2. The Morgan fingerprint density at radius 3 is 2.47 bits per heavy atom. The Hall–Kier alpha value is -0.510. The van der Waals surface area contributed by atoms with E-state index >= 15 is 0 Å². The van der Waals surface area contributed by atoms with Crippen LogP contribution in [0.2, 0.25) is 0 Å². The predicted molar refractivity (Wildman–Crippen MR) is 73.6 cm³/mol. The van der Waals surface area contributed by atoms with Gasteiger partial charge in [0.2, 0.25) is 0 Å². The Kier molecular flexibility index (Phi) is 4.29. The van der Waals surface area contributed by atoms with Gasteiger partial charge in [0.05, 0.1) is 4.88 Å². The molecule has 0 radical (unpaired) electrons. The number of hydrogen-bond donors (Lipinski definition) is 1. The molecule has 0 spiro atoms. The summed E-state index contributed by atoms with van der Waals surface area (Å²) in [5.41, 5.74) is 4.75. The van der Waals surface area contributed by atoms with E-state index in [1.807, 2.05) is 0 Å². The van der Waals surface area contributed by atoms with Crippen LogP contribution in [0.3, 0.4) is 0 Å². The first-order chi connectivity index (χ1) is 8.82. The summed E-state index contributed by atoms with van der Waals surface area (Å²) in [5, 5.41) is 0.187. The summed E-state index contributed by atoms with van der Waals surface area (Å²) in [6.45, 7) is -0.208. The fraction of sp³-hybridized carbons (Fsp3) is 0.200. The first kappa shape index (κ1) is 14.9. The van der Waals surface area contributed by atoms with E-state index in [0.29, 0.717) is 10.2 Å². The van der Waals surface area contributed by atoms with E-state index in [4.69, 9.17) is 5.73 Å². The highest BCUT2D eigenvalue weighted by atomic mass is 79.9. The standard InChI is InChI=1S/C10H6Br2F3N3S/c11-4-1-5(12)7(17-3-4)9-18-8(10(13,14)15)6(2-16)19-9/h1,3H,2,16H2. The fourth-order valence-electron chi connectivity index (χ4n) is 1.38. The van der Waals surface area contributed by atoms with E-state index in [-0.39, 0.29) is 16.4 Å². The number of alkyl halides is 3. The maximum Gasteiger partial charge on any atom is 0.434 e. The van der Waals surface area contributed by atoms with Crippen molar-refractivity contribution >= 4 is 43.2 Å². The third-order valence-corrected chi connectivity index (χ3v) is 4.28. The van der Waals surface area contributed by atoms with Crippen LogP contribution in [0.25, 0.3) is 10.7 Å². The Morgan fingerprint density at radius 1 is 1.32 bits per heavy atom. The van der Waals surface area contributed by atoms with Crippen LogP contribution in [0, 0.1) is 0 Å². The molecule has 0 aliphatic carbocycles. The summed E-state index contributed by atoms with van der Waals surface area (Å²) >= 11 is 7.37. The summed E-state index contributed by atoms with van der Waals surface area (Å²) in [7, 11) is 0. The lowest BCUT2D eigenvalue weighted by atomic mass is 10.3. The van der Waals surface area contributed by atoms with Crippen LogP contribution in [0.4, 0.5) is 13.2 Å². The molecule has 0 fully saturated rings. The summed E-state index contributed by atoms with van der Waals surface area (Å²) in [6, 6.07) is 1.69. The molecule has 102 valence electrons. The van der Waals surface area contributed by atoms with Gasteiger partial charge in [-0.15, -0.1) is 11.3 Å². The summed E-state index contributed by atoms with van der Waals surface area (Å²) in [4.78, 5) is 7.68. The highest BCUT2D eigenvalue weighted by molar-refractivity contribution is 9.11. The molecule has 9 heteroatoms.